The fourth-order valence-corrected chi connectivity index (χ4v) is 3.13. The summed E-state index contributed by atoms with van der Waals surface area (Å²) >= 11 is 0. The molecular weight excluding hydrogens is 362 g/mol. The number of Topliss-reactive ketones (excluding diaryl/α,β-unsaturated/α-hetero) is 1. The summed E-state index contributed by atoms with van der Waals surface area (Å²) in [6.45, 7) is 1.50. The number of ketones is 1. The molecule has 0 aromatic heterocycles. The van der Waals surface area contributed by atoms with Crippen LogP contribution in [0.4, 0.5) is 5.69 Å². The first-order valence-electron chi connectivity index (χ1n) is 7.58. The van der Waals surface area contributed by atoms with Crippen LogP contribution in [0.5, 0.6) is 11.5 Å². The third-order valence-corrected chi connectivity index (χ3v) is 4.77. The minimum atomic E-state index is -4.25. The molecule has 0 radical (unpaired) electrons. The van der Waals surface area contributed by atoms with Crippen LogP contribution in [0.2, 0.25) is 0 Å². The van der Waals surface area contributed by atoms with Gasteiger partial charge in [0.15, 0.2) is 5.75 Å². The standard InChI is InChI=1S/C17H17NO7S/c1-12(19)3-4-13-5-7-14(8-6-13)25-26(22,23)15-9-10-17(24-2)16(11-15)18(20)21/h5-11H,3-4H2,1-2H3. The Labute approximate surface area is 150 Å². The zero-order valence-electron chi connectivity index (χ0n) is 14.2. The molecule has 0 spiro atoms. The van der Waals surface area contributed by atoms with Gasteiger partial charge in [0, 0.05) is 12.5 Å². The van der Waals surface area contributed by atoms with E-state index in [-0.39, 0.29) is 22.2 Å². The highest BCUT2D eigenvalue weighted by Gasteiger charge is 2.23. The summed E-state index contributed by atoms with van der Waals surface area (Å²) in [6, 6.07) is 9.49. The first kappa shape index (κ1) is 19.4. The van der Waals surface area contributed by atoms with Crippen LogP contribution in [0.25, 0.3) is 0 Å². The van der Waals surface area contributed by atoms with Gasteiger partial charge < -0.3 is 13.7 Å². The molecule has 0 atom stereocenters. The van der Waals surface area contributed by atoms with Gasteiger partial charge in [-0.2, -0.15) is 8.42 Å². The fourth-order valence-electron chi connectivity index (χ4n) is 2.17. The summed E-state index contributed by atoms with van der Waals surface area (Å²) in [5.74, 6) is 0.0767. The van der Waals surface area contributed by atoms with Gasteiger partial charge in [0.2, 0.25) is 0 Å². The molecule has 0 aliphatic rings. The van der Waals surface area contributed by atoms with E-state index in [2.05, 4.69) is 0 Å². The highest BCUT2D eigenvalue weighted by atomic mass is 32.2. The Morgan fingerprint density at radius 3 is 2.35 bits per heavy atom. The number of carbonyl (C=O) groups excluding carboxylic acids is 1. The normalized spacial score (nSPS) is 11.0. The molecule has 0 unspecified atom stereocenters. The zero-order valence-corrected chi connectivity index (χ0v) is 15.0. The molecule has 0 aliphatic carbocycles. The third-order valence-electron chi connectivity index (χ3n) is 3.53. The van der Waals surface area contributed by atoms with Crippen molar-refractivity contribution in [3.8, 4) is 11.5 Å². The van der Waals surface area contributed by atoms with Gasteiger partial charge in [-0.25, -0.2) is 0 Å². The van der Waals surface area contributed by atoms with Crippen molar-refractivity contribution in [2.45, 2.75) is 24.7 Å². The van der Waals surface area contributed by atoms with Crippen molar-refractivity contribution in [2.24, 2.45) is 0 Å². The second-order valence-electron chi connectivity index (χ2n) is 5.47. The van der Waals surface area contributed by atoms with E-state index >= 15 is 0 Å². The van der Waals surface area contributed by atoms with Crippen LogP contribution >= 0.6 is 0 Å². The lowest BCUT2D eigenvalue weighted by molar-refractivity contribution is -0.386. The fraction of sp³-hybridized carbons (Fsp3) is 0.235. The van der Waals surface area contributed by atoms with Crippen molar-refractivity contribution < 1.29 is 27.1 Å². The van der Waals surface area contributed by atoms with Crippen molar-refractivity contribution in [1.82, 2.24) is 0 Å². The molecule has 2 rings (SSSR count). The molecule has 138 valence electrons. The monoisotopic (exact) mass is 379 g/mol. The molecule has 2 aromatic carbocycles. The maximum Gasteiger partial charge on any atom is 0.339 e. The van der Waals surface area contributed by atoms with E-state index in [1.807, 2.05) is 0 Å². The van der Waals surface area contributed by atoms with E-state index in [4.69, 9.17) is 8.92 Å². The molecule has 2 aromatic rings. The summed E-state index contributed by atoms with van der Waals surface area (Å²) in [5, 5.41) is 11.0. The van der Waals surface area contributed by atoms with Gasteiger partial charge in [-0.1, -0.05) is 12.1 Å². The van der Waals surface area contributed by atoms with Crippen LogP contribution in [-0.2, 0) is 21.3 Å². The lowest BCUT2D eigenvalue weighted by atomic mass is 10.1. The number of rotatable bonds is 8. The molecular formula is C17H17NO7S. The molecule has 26 heavy (non-hydrogen) atoms. The van der Waals surface area contributed by atoms with Gasteiger partial charge in [0.25, 0.3) is 0 Å². The van der Waals surface area contributed by atoms with Crippen molar-refractivity contribution in [1.29, 1.82) is 0 Å². The van der Waals surface area contributed by atoms with Gasteiger partial charge >= 0.3 is 15.8 Å². The Morgan fingerprint density at radius 2 is 1.81 bits per heavy atom. The van der Waals surface area contributed by atoms with Crippen molar-refractivity contribution in [2.75, 3.05) is 7.11 Å². The van der Waals surface area contributed by atoms with Crippen LogP contribution in [0.3, 0.4) is 0 Å². The van der Waals surface area contributed by atoms with E-state index in [1.54, 1.807) is 12.1 Å². The highest BCUT2D eigenvalue weighted by Crippen LogP contribution is 2.30. The Bertz CT molecular complexity index is 921. The SMILES string of the molecule is COc1ccc(S(=O)(=O)Oc2ccc(CCC(C)=O)cc2)cc1[N+](=O)[O-]. The van der Waals surface area contributed by atoms with Crippen molar-refractivity contribution >= 4 is 21.6 Å². The summed E-state index contributed by atoms with van der Waals surface area (Å²) in [6.07, 6.45) is 0.945. The van der Waals surface area contributed by atoms with Crippen molar-refractivity contribution in [3.05, 3.63) is 58.1 Å². The molecule has 0 heterocycles. The van der Waals surface area contributed by atoms with Crippen LogP contribution in [-0.4, -0.2) is 26.2 Å². The van der Waals surface area contributed by atoms with E-state index in [0.29, 0.717) is 12.8 Å². The lowest BCUT2D eigenvalue weighted by Gasteiger charge is -2.09. The summed E-state index contributed by atoms with van der Waals surface area (Å²) < 4.78 is 34.6. The average molecular weight is 379 g/mol. The summed E-state index contributed by atoms with van der Waals surface area (Å²) in [5.41, 5.74) is 0.391. The topological polar surface area (TPSA) is 113 Å². The first-order chi connectivity index (χ1) is 12.2. The Balaban J connectivity index is 2.22. The number of methoxy groups -OCH3 is 1. The quantitative estimate of drug-likeness (QED) is 0.394. The largest absolute Gasteiger partial charge is 0.490 e. The number of ether oxygens (including phenoxy) is 1. The highest BCUT2D eigenvalue weighted by molar-refractivity contribution is 7.87. The molecule has 0 fully saturated rings. The van der Waals surface area contributed by atoms with Crippen LogP contribution < -0.4 is 8.92 Å². The number of nitrogens with zero attached hydrogens (tertiary/aromatic N) is 1. The van der Waals surface area contributed by atoms with E-state index in [1.165, 1.54) is 38.3 Å². The second kappa shape index (κ2) is 7.96. The van der Waals surface area contributed by atoms with Crippen LogP contribution in [0.1, 0.15) is 18.9 Å². The maximum atomic E-state index is 12.3. The number of nitro benzene ring substituents is 1. The molecule has 9 heteroatoms. The Kier molecular flexibility index (Phi) is 5.93. The molecule has 0 amide bonds. The van der Waals surface area contributed by atoms with Crippen molar-refractivity contribution in [3.63, 3.8) is 0 Å². The van der Waals surface area contributed by atoms with Gasteiger partial charge in [-0.3, -0.25) is 10.1 Å². The number of hydrogen-bond donors (Lipinski definition) is 0. The van der Waals surface area contributed by atoms with E-state index in [9.17, 15) is 23.3 Å². The molecule has 0 saturated carbocycles. The summed E-state index contributed by atoms with van der Waals surface area (Å²) in [7, 11) is -3.00. The Morgan fingerprint density at radius 1 is 1.15 bits per heavy atom. The van der Waals surface area contributed by atoms with Crippen LogP contribution in [0, 0.1) is 10.1 Å². The van der Waals surface area contributed by atoms with Gasteiger partial charge in [-0.05, 0) is 43.2 Å². The maximum absolute atomic E-state index is 12.3. The zero-order chi connectivity index (χ0) is 19.3. The van der Waals surface area contributed by atoms with E-state index < -0.39 is 20.7 Å². The smallest absolute Gasteiger partial charge is 0.339 e. The van der Waals surface area contributed by atoms with Gasteiger partial charge in [-0.15, -0.1) is 0 Å². The average Bonchev–Trinajstić information content (AvgIpc) is 2.60. The summed E-state index contributed by atoms with van der Waals surface area (Å²) in [4.78, 5) is 20.9. The number of nitro groups is 1. The molecule has 0 saturated heterocycles. The van der Waals surface area contributed by atoms with Gasteiger partial charge in [0.1, 0.15) is 16.4 Å². The lowest BCUT2D eigenvalue weighted by Crippen LogP contribution is -2.10. The first-order valence-corrected chi connectivity index (χ1v) is 8.99. The second-order valence-corrected chi connectivity index (χ2v) is 7.02. The predicted molar refractivity (Wildman–Crippen MR) is 92.9 cm³/mol. The predicted octanol–water partition coefficient (Wildman–Crippen LogP) is 2.89. The number of aryl methyl sites for hydroxylation is 1. The van der Waals surface area contributed by atoms with E-state index in [0.717, 1.165) is 11.6 Å². The molecule has 0 N–H and O–H groups in total. The Hall–Kier alpha value is -2.94. The minimum Gasteiger partial charge on any atom is -0.490 e. The third kappa shape index (κ3) is 4.79. The van der Waals surface area contributed by atoms with Gasteiger partial charge in [0.05, 0.1) is 12.0 Å². The molecule has 0 aliphatic heterocycles. The number of hydrogen-bond acceptors (Lipinski definition) is 7. The minimum absolute atomic E-state index is 0.0521. The molecule has 8 nitrogen and oxygen atoms in total. The number of benzene rings is 2. The number of carbonyl (C=O) groups is 1. The van der Waals surface area contributed by atoms with Crippen LogP contribution in [0.15, 0.2) is 47.4 Å². The molecule has 0 bridgehead atoms.